The van der Waals surface area contributed by atoms with Crippen molar-refractivity contribution in [1.82, 2.24) is 0 Å². The van der Waals surface area contributed by atoms with Gasteiger partial charge in [0, 0.05) is 24.8 Å². The van der Waals surface area contributed by atoms with Crippen LogP contribution in [0.25, 0.3) is 0 Å². The standard InChI is InChI=1S/C23H29NO6/c1-21(2,3)20(27)29-12-24(4)10-9-22-17-13-5-6-14(25)18(17)30-19(22)15(26)7-8-23(22,28)16(24)11-13/h5-6,16,19,28H,7-12H2,1-4H3/p+1/t16?,19-,22-,23+,24+/m0/s1. The monoisotopic (exact) mass is 416 g/mol. The number of likely N-dealkylation sites (tertiary alicyclic amines) is 1. The van der Waals surface area contributed by atoms with Crippen molar-refractivity contribution in [3.63, 3.8) is 0 Å². The number of nitrogens with zero attached hydrogens (tertiary/aromatic N) is 1. The number of aliphatic hydroxyl groups is 1. The van der Waals surface area contributed by atoms with Crippen LogP contribution in [0.2, 0.25) is 0 Å². The molecule has 1 spiro atoms. The van der Waals surface area contributed by atoms with Crippen LogP contribution in [0.4, 0.5) is 0 Å². The Morgan fingerprint density at radius 1 is 1.33 bits per heavy atom. The summed E-state index contributed by atoms with van der Waals surface area (Å²) in [5, 5.41) is 22.6. The zero-order valence-corrected chi connectivity index (χ0v) is 18.0. The third-order valence-electron chi connectivity index (χ3n) is 8.01. The molecule has 1 unspecified atom stereocenters. The van der Waals surface area contributed by atoms with E-state index in [0.29, 0.717) is 36.0 Å². The minimum absolute atomic E-state index is 0.0165. The van der Waals surface area contributed by atoms with Crippen LogP contribution in [0.5, 0.6) is 11.5 Å². The Balaban J connectivity index is 1.61. The number of carbonyl (C=O) groups excluding carboxylic acids is 2. The van der Waals surface area contributed by atoms with Crippen molar-refractivity contribution >= 4 is 11.8 Å². The molecule has 0 aromatic heterocycles. The second-order valence-electron chi connectivity index (χ2n) is 10.8. The molecule has 7 heteroatoms. The van der Waals surface area contributed by atoms with E-state index in [1.807, 2.05) is 33.9 Å². The molecule has 2 aliphatic carbocycles. The predicted octanol–water partition coefficient (Wildman–Crippen LogP) is 1.81. The predicted molar refractivity (Wildman–Crippen MR) is 107 cm³/mol. The van der Waals surface area contributed by atoms with Gasteiger partial charge >= 0.3 is 5.97 Å². The maximum atomic E-state index is 12.9. The molecule has 1 aromatic rings. The number of phenols is 1. The van der Waals surface area contributed by atoms with Gasteiger partial charge in [0.1, 0.15) is 11.6 Å². The molecule has 1 saturated carbocycles. The fraction of sp³-hybridized carbons (Fsp3) is 0.652. The molecule has 1 aromatic carbocycles. The molecule has 2 fully saturated rings. The quantitative estimate of drug-likeness (QED) is 0.564. The van der Waals surface area contributed by atoms with E-state index in [0.717, 1.165) is 11.1 Å². The molecule has 2 heterocycles. The number of carbonyl (C=O) groups is 2. The Hall–Kier alpha value is -2.12. The van der Waals surface area contributed by atoms with Crippen molar-refractivity contribution in [3.05, 3.63) is 23.3 Å². The summed E-state index contributed by atoms with van der Waals surface area (Å²) in [6.45, 7) is 6.30. The summed E-state index contributed by atoms with van der Waals surface area (Å²) in [6.07, 6.45) is 0.932. The minimum atomic E-state index is -1.17. The summed E-state index contributed by atoms with van der Waals surface area (Å²) < 4.78 is 12.2. The van der Waals surface area contributed by atoms with E-state index < -0.39 is 22.5 Å². The first-order valence-electron chi connectivity index (χ1n) is 10.7. The molecule has 4 aliphatic rings. The molecule has 5 rings (SSSR count). The summed E-state index contributed by atoms with van der Waals surface area (Å²) in [4.78, 5) is 25.3. The van der Waals surface area contributed by atoms with E-state index in [9.17, 15) is 19.8 Å². The number of ketones is 1. The van der Waals surface area contributed by atoms with Crippen LogP contribution in [0.3, 0.4) is 0 Å². The van der Waals surface area contributed by atoms with E-state index in [4.69, 9.17) is 9.47 Å². The average molecular weight is 416 g/mol. The molecule has 0 amide bonds. The van der Waals surface area contributed by atoms with Crippen LogP contribution < -0.4 is 4.74 Å². The van der Waals surface area contributed by atoms with Gasteiger partial charge in [-0.25, -0.2) is 0 Å². The van der Waals surface area contributed by atoms with Crippen molar-refractivity contribution in [2.24, 2.45) is 5.41 Å². The van der Waals surface area contributed by atoms with Crippen molar-refractivity contribution in [3.8, 4) is 11.5 Å². The third-order valence-corrected chi connectivity index (χ3v) is 8.01. The lowest BCUT2D eigenvalue weighted by atomic mass is 9.48. The molecule has 2 bridgehead atoms. The van der Waals surface area contributed by atoms with Gasteiger partial charge in [0.05, 0.1) is 24.4 Å². The molecular weight excluding hydrogens is 386 g/mol. The summed E-state index contributed by atoms with van der Waals surface area (Å²) in [5.41, 5.74) is -0.794. The second-order valence-corrected chi connectivity index (χ2v) is 10.8. The molecule has 5 atom stereocenters. The summed E-state index contributed by atoms with van der Waals surface area (Å²) in [5.74, 6) is 0.100. The highest BCUT2D eigenvalue weighted by Crippen LogP contribution is 2.65. The number of benzene rings is 1. The number of hydrogen-bond donors (Lipinski definition) is 2. The molecule has 2 aliphatic heterocycles. The van der Waals surface area contributed by atoms with Crippen LogP contribution in [-0.2, 0) is 26.2 Å². The van der Waals surface area contributed by atoms with Crippen LogP contribution in [-0.4, -0.2) is 64.5 Å². The maximum absolute atomic E-state index is 12.9. The van der Waals surface area contributed by atoms with Gasteiger partial charge in [-0.05, 0) is 38.8 Å². The smallest absolute Gasteiger partial charge is 0.315 e. The number of rotatable bonds is 2. The van der Waals surface area contributed by atoms with Crippen molar-refractivity contribution < 1.29 is 33.8 Å². The Labute approximate surface area is 176 Å². The van der Waals surface area contributed by atoms with Gasteiger partial charge in [-0.3, -0.25) is 14.1 Å². The Kier molecular flexibility index (Phi) is 3.81. The first kappa shape index (κ1) is 19.8. The highest BCUT2D eigenvalue weighted by Gasteiger charge is 2.76. The number of likely N-dealkylation sites (N-methyl/N-ethyl adjacent to an activating group) is 1. The van der Waals surface area contributed by atoms with Crippen LogP contribution >= 0.6 is 0 Å². The zero-order valence-electron chi connectivity index (χ0n) is 18.0. The first-order valence-corrected chi connectivity index (χ1v) is 10.7. The van der Waals surface area contributed by atoms with E-state index in [2.05, 4.69) is 0 Å². The van der Waals surface area contributed by atoms with Crippen LogP contribution in [0.15, 0.2) is 12.1 Å². The van der Waals surface area contributed by atoms with Gasteiger partial charge in [0.15, 0.2) is 23.4 Å². The molecule has 162 valence electrons. The summed E-state index contributed by atoms with van der Waals surface area (Å²) in [6, 6.07) is 3.25. The van der Waals surface area contributed by atoms with Gasteiger partial charge in [-0.15, -0.1) is 0 Å². The van der Waals surface area contributed by atoms with Gasteiger partial charge in [-0.2, -0.15) is 0 Å². The maximum Gasteiger partial charge on any atom is 0.315 e. The Bertz CT molecular complexity index is 967. The topological polar surface area (TPSA) is 93.1 Å². The number of ether oxygens (including phenoxy) is 2. The van der Waals surface area contributed by atoms with Gasteiger partial charge in [0.2, 0.25) is 6.73 Å². The normalized spacial score (nSPS) is 38.6. The lowest BCUT2D eigenvalue weighted by Gasteiger charge is -2.63. The molecule has 1 saturated heterocycles. The van der Waals surface area contributed by atoms with E-state index >= 15 is 0 Å². The molecule has 30 heavy (non-hydrogen) atoms. The summed E-state index contributed by atoms with van der Waals surface area (Å²) >= 11 is 0. The van der Waals surface area contributed by atoms with E-state index in [-0.39, 0.29) is 36.7 Å². The number of piperidine rings is 1. The van der Waals surface area contributed by atoms with Crippen LogP contribution in [0, 0.1) is 5.41 Å². The van der Waals surface area contributed by atoms with Crippen molar-refractivity contribution in [2.75, 3.05) is 20.3 Å². The number of phenolic OH excluding ortho intramolecular Hbond substituents is 1. The van der Waals surface area contributed by atoms with Crippen molar-refractivity contribution in [2.45, 2.75) is 69.6 Å². The highest BCUT2D eigenvalue weighted by molar-refractivity contribution is 5.90. The van der Waals surface area contributed by atoms with Gasteiger partial charge in [-0.1, -0.05) is 6.07 Å². The van der Waals surface area contributed by atoms with E-state index in [1.165, 1.54) is 0 Å². The SMILES string of the molecule is CC(C)(C)C(=O)OC[N@@+]1(C)CC[C@]23c4c5ccc(O)c4O[C@H]2C(=O)CC[C@@]3(O)C1C5. The molecule has 7 nitrogen and oxygen atoms in total. The number of Topliss-reactive ketones (excluding diaryl/α,β-unsaturated/α-hetero) is 1. The second kappa shape index (κ2) is 5.77. The van der Waals surface area contributed by atoms with Gasteiger partial charge < -0.3 is 19.7 Å². The van der Waals surface area contributed by atoms with E-state index in [1.54, 1.807) is 6.07 Å². The molecule has 0 radical (unpaired) electrons. The number of aromatic hydroxyl groups is 1. The minimum Gasteiger partial charge on any atom is -0.504 e. The number of hydrogen-bond acceptors (Lipinski definition) is 6. The first-order chi connectivity index (χ1) is 13.9. The third kappa shape index (κ3) is 2.22. The lowest BCUT2D eigenvalue weighted by Crippen LogP contribution is -2.81. The highest BCUT2D eigenvalue weighted by atomic mass is 16.6. The summed E-state index contributed by atoms with van der Waals surface area (Å²) in [7, 11) is 2.03. The fourth-order valence-corrected chi connectivity index (χ4v) is 6.41. The Morgan fingerprint density at radius 3 is 2.77 bits per heavy atom. The Morgan fingerprint density at radius 2 is 2.07 bits per heavy atom. The average Bonchev–Trinajstić information content (AvgIpc) is 3.03. The molecule has 2 N–H and O–H groups in total. The van der Waals surface area contributed by atoms with Crippen LogP contribution in [0.1, 0.15) is 51.2 Å². The largest absolute Gasteiger partial charge is 0.504 e. The fourth-order valence-electron chi connectivity index (χ4n) is 6.41. The van der Waals surface area contributed by atoms with Crippen molar-refractivity contribution in [1.29, 1.82) is 0 Å². The number of quaternary nitrogens is 1. The van der Waals surface area contributed by atoms with Gasteiger partial charge in [0.25, 0.3) is 0 Å². The zero-order chi connectivity index (χ0) is 21.7. The lowest BCUT2D eigenvalue weighted by molar-refractivity contribution is -0.963. The molecular formula is C23H30NO6+. The number of esters is 1.